The van der Waals surface area contributed by atoms with E-state index >= 15 is 0 Å². The van der Waals surface area contributed by atoms with Crippen molar-refractivity contribution in [1.82, 2.24) is 25.1 Å². The highest BCUT2D eigenvalue weighted by Gasteiger charge is 2.46. The highest BCUT2D eigenvalue weighted by Crippen LogP contribution is 2.39. The number of nitrogens with zero attached hydrogens (tertiary/aromatic N) is 5. The lowest BCUT2D eigenvalue weighted by Gasteiger charge is -2.42. The molecule has 2 aliphatic rings. The van der Waals surface area contributed by atoms with Crippen LogP contribution < -0.4 is 10.2 Å². The molecule has 2 bridgehead atoms. The number of H-pyrrole nitrogens is 1. The van der Waals surface area contributed by atoms with Crippen molar-refractivity contribution in [2.75, 3.05) is 17.3 Å². The Morgan fingerprint density at radius 3 is 2.64 bits per heavy atom. The third kappa shape index (κ3) is 4.36. The van der Waals surface area contributed by atoms with E-state index in [2.05, 4.69) is 27.5 Å². The Balaban J connectivity index is 1.36. The van der Waals surface area contributed by atoms with Crippen LogP contribution in [0.4, 0.5) is 22.4 Å². The van der Waals surface area contributed by atoms with Crippen LogP contribution in [0.15, 0.2) is 17.5 Å². The molecular formula is C23H31N7O2S. The Morgan fingerprint density at radius 1 is 1.27 bits per heavy atom. The van der Waals surface area contributed by atoms with Gasteiger partial charge in [-0.1, -0.05) is 0 Å². The van der Waals surface area contributed by atoms with Gasteiger partial charge in [-0.25, -0.2) is 9.78 Å². The van der Waals surface area contributed by atoms with Crippen molar-refractivity contribution >= 4 is 45.2 Å². The zero-order chi connectivity index (χ0) is 23.3. The summed E-state index contributed by atoms with van der Waals surface area (Å²) in [6.45, 7) is 7.72. The minimum absolute atomic E-state index is 0.187. The molecular weight excluding hydrogens is 438 g/mol. The van der Waals surface area contributed by atoms with Crippen LogP contribution in [0.2, 0.25) is 0 Å². The molecule has 3 aromatic rings. The highest BCUT2D eigenvalue weighted by molar-refractivity contribution is 7.16. The van der Waals surface area contributed by atoms with Gasteiger partial charge in [0.15, 0.2) is 5.82 Å². The number of rotatable bonds is 4. The monoisotopic (exact) mass is 469 g/mol. The second kappa shape index (κ2) is 8.16. The summed E-state index contributed by atoms with van der Waals surface area (Å²) in [4.78, 5) is 27.6. The number of aromatic nitrogens is 4. The third-order valence-corrected chi connectivity index (χ3v) is 7.25. The Morgan fingerprint density at radius 2 is 2.00 bits per heavy atom. The summed E-state index contributed by atoms with van der Waals surface area (Å²) >= 11 is 1.60. The molecule has 0 unspecified atom stereocenters. The van der Waals surface area contributed by atoms with E-state index in [1.54, 1.807) is 11.3 Å². The van der Waals surface area contributed by atoms with Crippen LogP contribution in [0.5, 0.6) is 0 Å². The molecule has 9 nitrogen and oxygen atoms in total. The standard InChI is InChI=1S/C23H31N7O2S/c1-13-10-18(28-27-13)24-19-17-8-9-33-20(17)26-21(25-19)29(5)16-11-14-6-7-15(12-16)30(14)22(31)32-23(2,3)4/h8-10,14-16H,6-7,11-12H2,1-5H3,(H2,24,25,26,27,28)/t14-,15+,16-. The van der Waals surface area contributed by atoms with Gasteiger partial charge in [-0.05, 0) is 64.8 Å². The van der Waals surface area contributed by atoms with Crippen LogP contribution in [-0.2, 0) is 4.74 Å². The first-order chi connectivity index (χ1) is 15.7. The normalized spacial score (nSPS) is 22.6. The van der Waals surface area contributed by atoms with Crippen molar-refractivity contribution in [1.29, 1.82) is 0 Å². The number of nitrogens with one attached hydrogen (secondary N) is 2. The van der Waals surface area contributed by atoms with Crippen molar-refractivity contribution < 1.29 is 9.53 Å². The summed E-state index contributed by atoms with van der Waals surface area (Å²) in [5, 5.41) is 13.6. The number of fused-ring (bicyclic) bond motifs is 3. The quantitative estimate of drug-likeness (QED) is 0.564. The Hall–Kier alpha value is -2.88. The van der Waals surface area contributed by atoms with Crippen molar-refractivity contribution in [2.45, 2.75) is 77.1 Å². The zero-order valence-electron chi connectivity index (χ0n) is 19.8. The number of aromatic amines is 1. The van der Waals surface area contributed by atoms with Gasteiger partial charge in [0.05, 0.1) is 5.39 Å². The fraction of sp³-hybridized carbons (Fsp3) is 0.565. The minimum Gasteiger partial charge on any atom is -0.444 e. The number of anilines is 3. The van der Waals surface area contributed by atoms with Crippen molar-refractivity contribution in [3.05, 3.63) is 23.2 Å². The fourth-order valence-corrected chi connectivity index (χ4v) is 5.70. The van der Waals surface area contributed by atoms with E-state index in [4.69, 9.17) is 14.7 Å². The van der Waals surface area contributed by atoms with Gasteiger partial charge in [-0.3, -0.25) is 5.10 Å². The van der Waals surface area contributed by atoms with Crippen LogP contribution in [0.1, 0.15) is 52.1 Å². The molecule has 0 aromatic carbocycles. The average molecular weight is 470 g/mol. The maximum Gasteiger partial charge on any atom is 0.410 e. The van der Waals surface area contributed by atoms with Gasteiger partial charge in [0, 0.05) is 36.9 Å². The molecule has 5 heterocycles. The number of amides is 1. The average Bonchev–Trinajstić information content (AvgIpc) is 3.44. The summed E-state index contributed by atoms with van der Waals surface area (Å²) in [5.41, 5.74) is 0.502. The van der Waals surface area contributed by atoms with Crippen molar-refractivity contribution in [3.8, 4) is 0 Å². The molecule has 2 N–H and O–H groups in total. The second-order valence-corrected chi connectivity index (χ2v) is 11.0. The summed E-state index contributed by atoms with van der Waals surface area (Å²) < 4.78 is 5.69. The van der Waals surface area contributed by atoms with E-state index in [1.165, 1.54) is 0 Å². The molecule has 0 spiro atoms. The Kier molecular flexibility index (Phi) is 5.43. The Labute approximate surface area is 197 Å². The lowest BCUT2D eigenvalue weighted by molar-refractivity contribution is 0.00596. The molecule has 0 saturated carbocycles. The van der Waals surface area contributed by atoms with Gasteiger partial charge in [0.2, 0.25) is 5.95 Å². The van der Waals surface area contributed by atoms with Gasteiger partial charge in [0.25, 0.3) is 0 Å². The second-order valence-electron chi connectivity index (χ2n) is 10.1. The van der Waals surface area contributed by atoms with E-state index in [9.17, 15) is 4.79 Å². The summed E-state index contributed by atoms with van der Waals surface area (Å²) in [7, 11) is 2.06. The maximum absolute atomic E-state index is 12.8. The predicted octanol–water partition coefficient (Wildman–Crippen LogP) is 4.83. The lowest BCUT2D eigenvalue weighted by Crippen LogP contribution is -2.53. The molecule has 2 saturated heterocycles. The summed E-state index contributed by atoms with van der Waals surface area (Å²) in [6.07, 6.45) is 3.63. The summed E-state index contributed by atoms with van der Waals surface area (Å²) in [5.74, 6) is 2.18. The molecule has 33 heavy (non-hydrogen) atoms. The van der Waals surface area contributed by atoms with Gasteiger partial charge in [0.1, 0.15) is 16.2 Å². The zero-order valence-corrected chi connectivity index (χ0v) is 20.6. The van der Waals surface area contributed by atoms with Gasteiger partial charge in [-0.2, -0.15) is 10.1 Å². The SMILES string of the molecule is Cc1cc(Nc2nc(N(C)[C@@H]3C[C@H]4CC[C@@H](C3)N4C(=O)OC(C)(C)C)nc3sccc23)n[nH]1. The number of piperidine rings is 1. The van der Waals surface area contributed by atoms with Gasteiger partial charge >= 0.3 is 6.09 Å². The first-order valence-corrected chi connectivity index (χ1v) is 12.3. The van der Waals surface area contributed by atoms with E-state index in [0.29, 0.717) is 5.95 Å². The minimum atomic E-state index is -0.482. The molecule has 10 heteroatoms. The number of carbonyl (C=O) groups is 1. The van der Waals surface area contributed by atoms with E-state index in [0.717, 1.165) is 53.2 Å². The predicted molar refractivity (Wildman–Crippen MR) is 130 cm³/mol. The van der Waals surface area contributed by atoms with E-state index < -0.39 is 5.60 Å². The molecule has 5 rings (SSSR count). The van der Waals surface area contributed by atoms with E-state index in [1.807, 2.05) is 50.1 Å². The molecule has 2 aliphatic heterocycles. The molecule has 2 fully saturated rings. The first kappa shape index (κ1) is 21.9. The Bertz CT molecular complexity index is 1150. The van der Waals surface area contributed by atoms with Crippen LogP contribution in [0, 0.1) is 6.92 Å². The smallest absolute Gasteiger partial charge is 0.410 e. The van der Waals surface area contributed by atoms with Crippen LogP contribution >= 0.6 is 11.3 Å². The topological polar surface area (TPSA) is 99.3 Å². The van der Waals surface area contributed by atoms with Crippen molar-refractivity contribution in [2.24, 2.45) is 0 Å². The van der Waals surface area contributed by atoms with E-state index in [-0.39, 0.29) is 24.2 Å². The number of hydrogen-bond donors (Lipinski definition) is 2. The van der Waals surface area contributed by atoms with Gasteiger partial charge in [-0.15, -0.1) is 11.3 Å². The molecule has 0 radical (unpaired) electrons. The van der Waals surface area contributed by atoms with Crippen LogP contribution in [0.25, 0.3) is 10.2 Å². The molecule has 176 valence electrons. The number of ether oxygens (including phenoxy) is 1. The van der Waals surface area contributed by atoms with Crippen LogP contribution in [0.3, 0.4) is 0 Å². The van der Waals surface area contributed by atoms with Gasteiger partial charge < -0.3 is 19.9 Å². The maximum atomic E-state index is 12.8. The largest absolute Gasteiger partial charge is 0.444 e. The highest BCUT2D eigenvalue weighted by atomic mass is 32.1. The summed E-state index contributed by atoms with van der Waals surface area (Å²) in [6, 6.07) is 4.64. The van der Waals surface area contributed by atoms with Crippen LogP contribution in [-0.4, -0.2) is 61.9 Å². The molecule has 0 aliphatic carbocycles. The number of carbonyl (C=O) groups excluding carboxylic acids is 1. The number of aryl methyl sites for hydroxylation is 1. The number of hydrogen-bond acceptors (Lipinski definition) is 8. The third-order valence-electron chi connectivity index (χ3n) is 6.44. The molecule has 1 amide bonds. The molecule has 3 atom stereocenters. The fourth-order valence-electron chi connectivity index (χ4n) is 4.94. The van der Waals surface area contributed by atoms with Crippen molar-refractivity contribution in [3.63, 3.8) is 0 Å². The lowest BCUT2D eigenvalue weighted by atomic mass is 9.97. The number of thiophene rings is 1. The molecule has 3 aromatic heterocycles. The first-order valence-electron chi connectivity index (χ1n) is 11.5.